The minimum Gasteiger partial charge on any atom is -0.332 e. The molecule has 7 heteroatoms. The van der Waals surface area contributed by atoms with Gasteiger partial charge in [-0.15, -0.1) is 0 Å². The average molecular weight is 271 g/mol. The number of likely N-dealkylation sites (tertiary alicyclic amines) is 1. The van der Waals surface area contributed by atoms with E-state index in [2.05, 4.69) is 0 Å². The van der Waals surface area contributed by atoms with Crippen LogP contribution in [-0.2, 0) is 4.79 Å². The van der Waals surface area contributed by atoms with Crippen molar-refractivity contribution in [3.05, 3.63) is 0 Å². The molecule has 0 aromatic carbocycles. The second kappa shape index (κ2) is 4.59. The number of hydrogen-bond donors (Lipinski definition) is 0. The quantitative estimate of drug-likeness (QED) is 0.530. The van der Waals surface area contributed by atoms with Gasteiger partial charge in [0.05, 0.1) is 14.6 Å². The monoisotopic (exact) mass is 271 g/mol. The van der Waals surface area contributed by atoms with Crippen molar-refractivity contribution < 1.29 is 22.4 Å². The van der Waals surface area contributed by atoms with Gasteiger partial charge in [0.15, 0.2) is 0 Å². The van der Waals surface area contributed by atoms with Gasteiger partial charge in [-0.25, -0.2) is 4.39 Å². The Labute approximate surface area is 99.0 Å². The number of alkyl halides is 4. The largest absolute Gasteiger partial charge is 0.471 e. The van der Waals surface area contributed by atoms with Crippen molar-refractivity contribution in [1.82, 2.24) is 4.90 Å². The van der Waals surface area contributed by atoms with Crippen molar-refractivity contribution in [2.75, 3.05) is 13.1 Å². The minimum atomic E-state index is -4.90. The Hall–Kier alpha value is -0.593. The van der Waals surface area contributed by atoms with E-state index in [9.17, 15) is 22.4 Å². The zero-order valence-electron chi connectivity index (χ0n) is 10.1. The molecule has 1 saturated heterocycles. The van der Waals surface area contributed by atoms with Crippen molar-refractivity contribution >= 4 is 14.0 Å². The van der Waals surface area contributed by atoms with Crippen LogP contribution in [0.3, 0.4) is 0 Å². The first-order valence-corrected chi connectivity index (χ1v) is 9.11. The Morgan fingerprint density at radius 1 is 1.29 bits per heavy atom. The topological polar surface area (TPSA) is 20.3 Å². The molecule has 0 saturated carbocycles. The molecule has 1 aliphatic heterocycles. The molecule has 0 N–H and O–H groups in total. The Bertz CT molecular complexity index is 300. The van der Waals surface area contributed by atoms with E-state index >= 15 is 0 Å². The Kier molecular flexibility index (Phi) is 3.90. The van der Waals surface area contributed by atoms with Gasteiger partial charge in [-0.1, -0.05) is 19.6 Å². The summed E-state index contributed by atoms with van der Waals surface area (Å²) in [5.74, 6) is -1.92. The van der Waals surface area contributed by atoms with E-state index in [1.807, 2.05) is 19.6 Å². The van der Waals surface area contributed by atoms with Crippen LogP contribution in [0.25, 0.3) is 0 Å². The number of rotatable bonds is 1. The van der Waals surface area contributed by atoms with E-state index in [1.165, 1.54) is 0 Å². The summed E-state index contributed by atoms with van der Waals surface area (Å²) in [7, 11) is -1.72. The zero-order chi connectivity index (χ0) is 13.4. The molecule has 2 unspecified atom stereocenters. The van der Waals surface area contributed by atoms with Crippen LogP contribution in [0.15, 0.2) is 0 Å². The van der Waals surface area contributed by atoms with Crippen molar-refractivity contribution in [3.8, 4) is 0 Å². The molecule has 1 aliphatic rings. The van der Waals surface area contributed by atoms with E-state index in [-0.39, 0.29) is 12.1 Å². The van der Waals surface area contributed by atoms with Gasteiger partial charge in [0.25, 0.3) is 0 Å². The lowest BCUT2D eigenvalue weighted by Crippen LogP contribution is -2.52. The first kappa shape index (κ1) is 14.5. The van der Waals surface area contributed by atoms with Gasteiger partial charge in [0.1, 0.15) is 6.17 Å². The van der Waals surface area contributed by atoms with Gasteiger partial charge in [-0.3, -0.25) is 4.79 Å². The average Bonchev–Trinajstić information content (AvgIpc) is 2.12. The molecule has 0 aromatic rings. The molecule has 2 atom stereocenters. The molecule has 0 bridgehead atoms. The summed E-state index contributed by atoms with van der Waals surface area (Å²) in [6.45, 7) is 5.56. The third kappa shape index (κ3) is 3.43. The zero-order valence-corrected chi connectivity index (χ0v) is 11.1. The lowest BCUT2D eigenvalue weighted by Gasteiger charge is -2.40. The van der Waals surface area contributed by atoms with Crippen molar-refractivity contribution in [2.24, 2.45) is 0 Å². The van der Waals surface area contributed by atoms with Gasteiger partial charge in [0, 0.05) is 6.54 Å². The molecule has 0 radical (unpaired) electrons. The summed E-state index contributed by atoms with van der Waals surface area (Å²) in [5, 5.41) is 0. The van der Waals surface area contributed by atoms with Crippen molar-refractivity contribution in [3.63, 3.8) is 0 Å². The van der Waals surface area contributed by atoms with Crippen molar-refractivity contribution in [1.29, 1.82) is 0 Å². The number of nitrogens with zero attached hydrogens (tertiary/aromatic N) is 1. The fraction of sp³-hybridized carbons (Fsp3) is 0.900. The predicted molar refractivity (Wildman–Crippen MR) is 59.2 cm³/mol. The number of halogens is 4. The second-order valence-corrected chi connectivity index (χ2v) is 11.0. The van der Waals surface area contributed by atoms with E-state index < -0.39 is 32.9 Å². The highest BCUT2D eigenvalue weighted by Gasteiger charge is 2.46. The summed E-state index contributed by atoms with van der Waals surface area (Å²) in [4.78, 5) is 11.6. The molecule has 1 amide bonds. The normalized spacial score (nSPS) is 27.1. The van der Waals surface area contributed by atoms with Crippen LogP contribution in [0.5, 0.6) is 0 Å². The molecule has 0 aliphatic carbocycles. The second-order valence-electron chi connectivity index (χ2n) is 5.53. The van der Waals surface area contributed by atoms with Crippen molar-refractivity contribution in [2.45, 2.75) is 44.0 Å². The van der Waals surface area contributed by atoms with Crippen LogP contribution < -0.4 is 0 Å². The fourth-order valence-corrected chi connectivity index (χ4v) is 4.43. The Balaban J connectivity index is 2.68. The molecule has 0 aromatic heterocycles. The summed E-state index contributed by atoms with van der Waals surface area (Å²) < 4.78 is 50.4. The van der Waals surface area contributed by atoms with E-state index in [0.717, 1.165) is 0 Å². The maximum atomic E-state index is 13.8. The Morgan fingerprint density at radius 2 is 1.82 bits per heavy atom. The highest BCUT2D eigenvalue weighted by atomic mass is 28.3. The molecular weight excluding hydrogens is 254 g/mol. The molecule has 1 fully saturated rings. The summed E-state index contributed by atoms with van der Waals surface area (Å²) in [6, 6.07) is 0. The van der Waals surface area contributed by atoms with Crippen LogP contribution in [0.1, 0.15) is 6.42 Å². The molecule has 2 nitrogen and oxygen atoms in total. The molecule has 1 heterocycles. The molecule has 0 spiro atoms. The van der Waals surface area contributed by atoms with E-state index in [1.54, 1.807) is 0 Å². The summed E-state index contributed by atoms with van der Waals surface area (Å²) in [6.07, 6.45) is -5.90. The lowest BCUT2D eigenvalue weighted by molar-refractivity contribution is -0.187. The van der Waals surface area contributed by atoms with Crippen LogP contribution in [0.4, 0.5) is 17.6 Å². The number of amides is 1. The fourth-order valence-electron chi connectivity index (χ4n) is 2.24. The SMILES string of the molecule is C[Si](C)(C)C1CCN(C(=O)C(F)(F)F)CC1F. The first-order valence-electron chi connectivity index (χ1n) is 5.53. The van der Waals surface area contributed by atoms with Crippen LogP contribution in [-0.4, -0.2) is 44.3 Å². The van der Waals surface area contributed by atoms with Gasteiger partial charge in [-0.05, 0) is 12.0 Å². The van der Waals surface area contributed by atoms with Gasteiger partial charge in [0.2, 0.25) is 0 Å². The molecule has 17 heavy (non-hydrogen) atoms. The van der Waals surface area contributed by atoms with Crippen LogP contribution in [0, 0.1) is 0 Å². The van der Waals surface area contributed by atoms with Gasteiger partial charge < -0.3 is 4.90 Å². The highest BCUT2D eigenvalue weighted by Crippen LogP contribution is 2.36. The predicted octanol–water partition coefficient (Wildman–Crippen LogP) is 2.83. The number of carbonyl (C=O) groups excluding carboxylic acids is 1. The minimum absolute atomic E-state index is 0.00764. The number of piperidine rings is 1. The maximum Gasteiger partial charge on any atom is 0.471 e. The van der Waals surface area contributed by atoms with E-state index in [0.29, 0.717) is 11.3 Å². The standard InChI is InChI=1S/C10H17F4NOSi/c1-17(2,3)8-4-5-15(6-7(8)11)9(16)10(12,13)14/h7-8H,4-6H2,1-3H3. The van der Waals surface area contributed by atoms with Gasteiger partial charge >= 0.3 is 12.1 Å². The molecule has 100 valence electrons. The smallest absolute Gasteiger partial charge is 0.332 e. The highest BCUT2D eigenvalue weighted by molar-refractivity contribution is 6.77. The number of carbonyl (C=O) groups is 1. The molecular formula is C10H17F4NOSi. The van der Waals surface area contributed by atoms with E-state index in [4.69, 9.17) is 0 Å². The summed E-state index contributed by atoms with van der Waals surface area (Å²) >= 11 is 0. The Morgan fingerprint density at radius 3 is 2.18 bits per heavy atom. The maximum absolute atomic E-state index is 13.8. The van der Waals surface area contributed by atoms with Gasteiger partial charge in [-0.2, -0.15) is 13.2 Å². The molecule has 1 rings (SSSR count). The third-order valence-electron chi connectivity index (χ3n) is 3.18. The lowest BCUT2D eigenvalue weighted by atomic mass is 10.1. The van der Waals surface area contributed by atoms with Crippen LogP contribution >= 0.6 is 0 Å². The number of hydrogen-bond acceptors (Lipinski definition) is 1. The summed E-state index contributed by atoms with van der Waals surface area (Å²) in [5.41, 5.74) is -0.167. The van der Waals surface area contributed by atoms with Crippen LogP contribution in [0.2, 0.25) is 25.2 Å². The third-order valence-corrected chi connectivity index (χ3v) is 6.06. The first-order chi connectivity index (χ1) is 7.53.